The molecule has 0 spiro atoms. The molecule has 1 saturated carbocycles. The second kappa shape index (κ2) is 13.5. The summed E-state index contributed by atoms with van der Waals surface area (Å²) in [5, 5.41) is 2.97. The first-order chi connectivity index (χ1) is 21.1. The summed E-state index contributed by atoms with van der Waals surface area (Å²) < 4.78 is 49.3. The predicted octanol–water partition coefficient (Wildman–Crippen LogP) is 5.96. The van der Waals surface area contributed by atoms with Crippen LogP contribution in [0.1, 0.15) is 75.3 Å². The molecule has 2 amide bonds. The molecule has 2 aliphatic rings. The first kappa shape index (κ1) is 31.0. The number of Topliss-reactive ketones (excluding diaryl/α,β-unsaturated/α-hetero) is 1. The summed E-state index contributed by atoms with van der Waals surface area (Å²) in [7, 11) is 1.57. The minimum atomic E-state index is -4.39. The number of alkyl halides is 3. The third kappa shape index (κ3) is 7.56. The fraction of sp³-hybridized carbons (Fsp3) is 0.394. The van der Waals surface area contributed by atoms with Gasteiger partial charge in [0.15, 0.2) is 5.78 Å². The zero-order chi connectivity index (χ0) is 31.3. The van der Waals surface area contributed by atoms with E-state index in [1.807, 2.05) is 0 Å². The number of nitrogens with zero attached hydrogens (tertiary/aromatic N) is 2. The Morgan fingerprint density at radius 2 is 1.43 bits per heavy atom. The predicted molar refractivity (Wildman–Crippen MR) is 156 cm³/mol. The van der Waals surface area contributed by atoms with E-state index in [1.165, 1.54) is 24.4 Å². The van der Waals surface area contributed by atoms with E-state index < -0.39 is 11.7 Å². The quantitative estimate of drug-likeness (QED) is 0.317. The van der Waals surface area contributed by atoms with Crippen molar-refractivity contribution >= 4 is 17.6 Å². The van der Waals surface area contributed by atoms with Crippen LogP contribution in [0.25, 0.3) is 0 Å². The van der Waals surface area contributed by atoms with Crippen molar-refractivity contribution in [2.24, 2.45) is 5.92 Å². The number of likely N-dealkylation sites (tertiary alicyclic amines) is 1. The molecule has 11 heteroatoms. The molecule has 1 saturated heterocycles. The zero-order valence-electron chi connectivity index (χ0n) is 24.3. The van der Waals surface area contributed by atoms with E-state index in [4.69, 9.17) is 9.47 Å². The van der Waals surface area contributed by atoms with Gasteiger partial charge in [0.2, 0.25) is 0 Å². The van der Waals surface area contributed by atoms with Gasteiger partial charge in [0.1, 0.15) is 17.2 Å². The van der Waals surface area contributed by atoms with Crippen molar-refractivity contribution in [1.29, 1.82) is 0 Å². The van der Waals surface area contributed by atoms with Crippen LogP contribution in [0.4, 0.5) is 13.2 Å². The van der Waals surface area contributed by atoms with Gasteiger partial charge in [-0.1, -0.05) is 0 Å². The molecule has 44 heavy (non-hydrogen) atoms. The molecule has 0 unspecified atom stereocenters. The summed E-state index contributed by atoms with van der Waals surface area (Å²) in [4.78, 5) is 44.7. The van der Waals surface area contributed by atoms with Crippen LogP contribution in [0.15, 0.2) is 66.9 Å². The maximum atomic E-state index is 13.1. The van der Waals surface area contributed by atoms with Gasteiger partial charge in [0.05, 0.1) is 24.3 Å². The van der Waals surface area contributed by atoms with Crippen molar-refractivity contribution in [1.82, 2.24) is 15.2 Å². The Morgan fingerprint density at radius 1 is 0.818 bits per heavy atom. The number of carbonyl (C=O) groups excluding carboxylic acids is 3. The molecule has 3 aromatic rings. The van der Waals surface area contributed by atoms with E-state index in [-0.39, 0.29) is 41.4 Å². The smallest absolute Gasteiger partial charge is 0.416 e. The van der Waals surface area contributed by atoms with Crippen molar-refractivity contribution in [2.45, 2.75) is 56.8 Å². The van der Waals surface area contributed by atoms with E-state index in [9.17, 15) is 27.6 Å². The average molecular weight is 610 g/mol. The molecule has 0 radical (unpaired) electrons. The van der Waals surface area contributed by atoms with Gasteiger partial charge in [0, 0.05) is 36.8 Å². The van der Waals surface area contributed by atoms with E-state index >= 15 is 0 Å². The highest BCUT2D eigenvalue weighted by Crippen LogP contribution is 2.31. The topological polar surface area (TPSA) is 97.8 Å². The number of hydrogen-bond donors (Lipinski definition) is 1. The molecule has 2 fully saturated rings. The normalized spacial score (nSPS) is 19.2. The lowest BCUT2D eigenvalue weighted by Crippen LogP contribution is -2.40. The molecule has 2 heterocycles. The summed E-state index contributed by atoms with van der Waals surface area (Å²) in [6.45, 7) is 0.914. The van der Waals surface area contributed by atoms with Crippen LogP contribution >= 0.6 is 0 Å². The minimum Gasteiger partial charge on any atom is -0.497 e. The SMILES string of the molecule is COc1ccc(C(=O)C2CCN(C(=O)c3ccc(C(=O)NC4CCC(Oc5ccc(C(F)(F)F)cc5)CC4)nc3)CC2)cc1. The summed E-state index contributed by atoms with van der Waals surface area (Å²) in [5.74, 6) is 0.463. The number of hydrogen-bond acceptors (Lipinski definition) is 6. The average Bonchev–Trinajstić information content (AvgIpc) is 3.05. The molecule has 2 aromatic carbocycles. The molecule has 5 rings (SSSR count). The highest BCUT2D eigenvalue weighted by Gasteiger charge is 2.31. The Morgan fingerprint density at radius 3 is 2.00 bits per heavy atom. The second-order valence-electron chi connectivity index (χ2n) is 11.2. The van der Waals surface area contributed by atoms with Gasteiger partial charge in [-0.2, -0.15) is 13.2 Å². The molecule has 0 bridgehead atoms. The monoisotopic (exact) mass is 609 g/mol. The lowest BCUT2D eigenvalue weighted by atomic mass is 9.88. The standard InChI is InChI=1S/C33H34F3N3O5/c1-43-26-9-2-21(3-10-26)30(40)22-16-18-39(19-17-22)32(42)23-4-15-29(37-20-23)31(41)38-25-7-13-28(14-8-25)44-27-11-5-24(6-12-27)33(34,35)36/h2-6,9-12,15,20,22,25,28H,7-8,13-14,16-19H2,1H3,(H,38,41). The number of ketones is 1. The van der Waals surface area contributed by atoms with Gasteiger partial charge >= 0.3 is 6.18 Å². The number of methoxy groups -OCH3 is 1. The number of benzene rings is 2. The Labute approximate surface area is 253 Å². The third-order valence-electron chi connectivity index (χ3n) is 8.26. The number of pyridine rings is 1. The first-order valence-corrected chi connectivity index (χ1v) is 14.7. The number of ether oxygens (including phenoxy) is 2. The number of carbonyl (C=O) groups is 3. The fourth-order valence-corrected chi connectivity index (χ4v) is 5.67. The molecular formula is C33H34F3N3O5. The maximum Gasteiger partial charge on any atom is 0.416 e. The number of amides is 2. The minimum absolute atomic E-state index is 0.0666. The molecule has 1 aliphatic carbocycles. The molecule has 0 atom stereocenters. The van der Waals surface area contributed by atoms with Gasteiger partial charge < -0.3 is 19.7 Å². The highest BCUT2D eigenvalue weighted by atomic mass is 19.4. The van der Waals surface area contributed by atoms with E-state index in [2.05, 4.69) is 10.3 Å². The Kier molecular flexibility index (Phi) is 9.51. The maximum absolute atomic E-state index is 13.1. The zero-order valence-corrected chi connectivity index (χ0v) is 24.3. The number of piperidine rings is 1. The largest absolute Gasteiger partial charge is 0.497 e. The van der Waals surface area contributed by atoms with Crippen molar-refractivity contribution < 1.29 is 37.0 Å². The Bertz CT molecular complexity index is 1440. The van der Waals surface area contributed by atoms with E-state index in [0.29, 0.717) is 74.2 Å². The second-order valence-corrected chi connectivity index (χ2v) is 11.2. The van der Waals surface area contributed by atoms with Gasteiger partial charge in [-0.3, -0.25) is 19.4 Å². The fourth-order valence-electron chi connectivity index (χ4n) is 5.67. The molecule has 1 N–H and O–H groups in total. The molecule has 1 aromatic heterocycles. The Balaban J connectivity index is 1.06. The Hall–Kier alpha value is -4.41. The van der Waals surface area contributed by atoms with Crippen molar-refractivity contribution in [3.63, 3.8) is 0 Å². The summed E-state index contributed by atoms with van der Waals surface area (Å²) in [6.07, 6.45) is 0.623. The van der Waals surface area contributed by atoms with Gasteiger partial charge in [-0.15, -0.1) is 0 Å². The molecule has 232 valence electrons. The van der Waals surface area contributed by atoms with Crippen molar-refractivity contribution in [3.8, 4) is 11.5 Å². The van der Waals surface area contributed by atoms with Crippen LogP contribution in [-0.2, 0) is 6.18 Å². The van der Waals surface area contributed by atoms with Crippen LogP contribution in [0.2, 0.25) is 0 Å². The lowest BCUT2D eigenvalue weighted by molar-refractivity contribution is -0.137. The molecular weight excluding hydrogens is 575 g/mol. The van der Waals surface area contributed by atoms with Crippen LogP contribution < -0.4 is 14.8 Å². The van der Waals surface area contributed by atoms with Crippen LogP contribution in [-0.4, -0.2) is 59.8 Å². The number of nitrogens with one attached hydrogen (secondary N) is 1. The number of aromatic nitrogens is 1. The summed E-state index contributed by atoms with van der Waals surface area (Å²) in [6, 6.07) is 14.7. The number of halogens is 3. The van der Waals surface area contributed by atoms with E-state index in [1.54, 1.807) is 42.3 Å². The van der Waals surface area contributed by atoms with Crippen LogP contribution in [0.5, 0.6) is 11.5 Å². The first-order valence-electron chi connectivity index (χ1n) is 14.7. The van der Waals surface area contributed by atoms with Crippen molar-refractivity contribution in [2.75, 3.05) is 20.2 Å². The lowest BCUT2D eigenvalue weighted by Gasteiger charge is -2.31. The van der Waals surface area contributed by atoms with Gasteiger partial charge in [-0.25, -0.2) is 0 Å². The third-order valence-corrected chi connectivity index (χ3v) is 8.26. The number of rotatable bonds is 8. The summed E-state index contributed by atoms with van der Waals surface area (Å²) in [5.41, 5.74) is 0.491. The van der Waals surface area contributed by atoms with E-state index in [0.717, 1.165) is 12.1 Å². The van der Waals surface area contributed by atoms with Gasteiger partial charge in [-0.05, 0) is 99.2 Å². The summed E-state index contributed by atoms with van der Waals surface area (Å²) >= 11 is 0. The van der Waals surface area contributed by atoms with Crippen LogP contribution in [0.3, 0.4) is 0 Å². The van der Waals surface area contributed by atoms with Gasteiger partial charge in [0.25, 0.3) is 11.8 Å². The highest BCUT2D eigenvalue weighted by molar-refractivity contribution is 5.99. The molecule has 1 aliphatic heterocycles. The van der Waals surface area contributed by atoms with Crippen LogP contribution in [0, 0.1) is 5.92 Å². The molecule has 8 nitrogen and oxygen atoms in total. The van der Waals surface area contributed by atoms with Crippen molar-refractivity contribution in [3.05, 3.63) is 89.2 Å².